The van der Waals surface area contributed by atoms with Crippen LogP contribution in [0.15, 0.2) is 47.0 Å². The van der Waals surface area contributed by atoms with E-state index in [0.29, 0.717) is 32.0 Å². The molecule has 4 heterocycles. The molecule has 1 spiro atoms. The summed E-state index contributed by atoms with van der Waals surface area (Å²) in [6, 6.07) is 11.5. The largest absolute Gasteiger partial charge is 0.497 e. The first-order valence-corrected chi connectivity index (χ1v) is 9.75. The quantitative estimate of drug-likeness (QED) is 0.683. The first kappa shape index (κ1) is 18.0. The van der Waals surface area contributed by atoms with Crippen LogP contribution in [0.4, 0.5) is 0 Å². The highest BCUT2D eigenvalue weighted by atomic mass is 16.5. The van der Waals surface area contributed by atoms with Crippen LogP contribution >= 0.6 is 0 Å². The number of benzene rings is 1. The van der Waals surface area contributed by atoms with E-state index in [2.05, 4.69) is 9.55 Å². The zero-order valence-electron chi connectivity index (χ0n) is 16.6. The number of imidazole rings is 1. The highest BCUT2D eigenvalue weighted by molar-refractivity contribution is 5.91. The number of furan rings is 1. The van der Waals surface area contributed by atoms with Crippen LogP contribution < -0.4 is 4.74 Å². The number of aromatic nitrogens is 2. The van der Waals surface area contributed by atoms with Crippen molar-refractivity contribution < 1.29 is 18.7 Å². The van der Waals surface area contributed by atoms with E-state index < -0.39 is 5.60 Å². The Bertz CT molecular complexity index is 1050. The van der Waals surface area contributed by atoms with Crippen LogP contribution in [-0.2, 0) is 17.9 Å². The van der Waals surface area contributed by atoms with E-state index >= 15 is 0 Å². The Morgan fingerprint density at radius 3 is 2.72 bits per heavy atom. The van der Waals surface area contributed by atoms with Crippen LogP contribution in [0.2, 0.25) is 0 Å². The molecular weight excluding hydrogens is 370 g/mol. The van der Waals surface area contributed by atoms with Gasteiger partial charge in [-0.2, -0.15) is 0 Å². The van der Waals surface area contributed by atoms with Gasteiger partial charge in [0, 0.05) is 12.1 Å². The molecule has 2 aromatic heterocycles. The molecule has 150 valence electrons. The molecule has 7 nitrogen and oxygen atoms in total. The fourth-order valence-corrected chi connectivity index (χ4v) is 4.22. The van der Waals surface area contributed by atoms with Crippen molar-refractivity contribution in [1.29, 1.82) is 0 Å². The van der Waals surface area contributed by atoms with Crippen molar-refractivity contribution in [3.63, 3.8) is 0 Å². The van der Waals surface area contributed by atoms with E-state index in [1.54, 1.807) is 13.2 Å². The third kappa shape index (κ3) is 3.11. The van der Waals surface area contributed by atoms with E-state index in [9.17, 15) is 4.79 Å². The smallest absolute Gasteiger partial charge is 0.289 e. The van der Waals surface area contributed by atoms with Crippen LogP contribution in [0.5, 0.6) is 5.75 Å². The molecule has 1 amide bonds. The number of ether oxygens (including phenoxy) is 2. The second-order valence-electron chi connectivity index (χ2n) is 7.73. The van der Waals surface area contributed by atoms with Crippen LogP contribution in [0, 0.1) is 6.92 Å². The summed E-state index contributed by atoms with van der Waals surface area (Å²) in [6.07, 6.45) is 2.68. The molecule has 1 aromatic carbocycles. The van der Waals surface area contributed by atoms with Crippen LogP contribution in [0.3, 0.4) is 0 Å². The van der Waals surface area contributed by atoms with Gasteiger partial charge in [-0.15, -0.1) is 0 Å². The monoisotopic (exact) mass is 393 g/mol. The van der Waals surface area contributed by atoms with Gasteiger partial charge in [-0.25, -0.2) is 4.98 Å². The maximum absolute atomic E-state index is 12.8. The van der Waals surface area contributed by atoms with Gasteiger partial charge in [0.1, 0.15) is 29.5 Å². The summed E-state index contributed by atoms with van der Waals surface area (Å²) in [4.78, 5) is 19.1. The van der Waals surface area contributed by atoms with Gasteiger partial charge in [-0.1, -0.05) is 0 Å². The minimum atomic E-state index is -0.397. The summed E-state index contributed by atoms with van der Waals surface area (Å²) in [6.45, 7) is 4.15. The average molecular weight is 393 g/mol. The number of rotatable bonds is 3. The number of hydrogen-bond donors (Lipinski definition) is 0. The van der Waals surface area contributed by atoms with Crippen LogP contribution in [0.25, 0.3) is 11.3 Å². The summed E-state index contributed by atoms with van der Waals surface area (Å²) >= 11 is 0. The van der Waals surface area contributed by atoms with Gasteiger partial charge < -0.3 is 23.4 Å². The molecule has 0 bridgehead atoms. The Hall–Kier alpha value is -3.06. The minimum absolute atomic E-state index is 0.0784. The highest BCUT2D eigenvalue weighted by Crippen LogP contribution is 2.36. The van der Waals surface area contributed by atoms with E-state index in [0.717, 1.165) is 35.0 Å². The lowest BCUT2D eigenvalue weighted by Crippen LogP contribution is -2.45. The fraction of sp³-hybridized carbons (Fsp3) is 0.364. The SMILES string of the molecule is COc1ccc(-c2cnc3n2C[C@@]2(CCN(C(=O)c4ccc(C)o4)C2)OC3)cc1. The lowest BCUT2D eigenvalue weighted by molar-refractivity contribution is -0.0805. The summed E-state index contributed by atoms with van der Waals surface area (Å²) in [5, 5.41) is 0. The van der Waals surface area contributed by atoms with Crippen molar-refractivity contribution in [3.05, 3.63) is 59.9 Å². The first-order valence-electron chi connectivity index (χ1n) is 9.75. The molecule has 2 aliphatic rings. The number of carbonyl (C=O) groups is 1. The molecule has 1 fully saturated rings. The van der Waals surface area contributed by atoms with Crippen molar-refractivity contribution in [2.24, 2.45) is 0 Å². The predicted molar refractivity (Wildman–Crippen MR) is 106 cm³/mol. The van der Waals surface area contributed by atoms with Crippen molar-refractivity contribution in [3.8, 4) is 17.0 Å². The standard InChI is InChI=1S/C22H23N3O4/c1-15-3-8-19(29-15)21(26)24-10-9-22(13-24)14-25-18(11-23-20(25)12-28-22)16-4-6-17(27-2)7-5-16/h3-8,11H,9-10,12-14H2,1-2H3/t22-/m0/s1. The Morgan fingerprint density at radius 1 is 1.17 bits per heavy atom. The molecule has 2 aliphatic heterocycles. The molecule has 0 unspecified atom stereocenters. The number of aryl methyl sites for hydroxylation is 1. The predicted octanol–water partition coefficient (Wildman–Crippen LogP) is 3.28. The maximum atomic E-state index is 12.8. The highest BCUT2D eigenvalue weighted by Gasteiger charge is 2.45. The summed E-state index contributed by atoms with van der Waals surface area (Å²) in [5.74, 6) is 2.78. The van der Waals surface area contributed by atoms with Crippen molar-refractivity contribution in [2.45, 2.75) is 32.1 Å². The van der Waals surface area contributed by atoms with Crippen molar-refractivity contribution >= 4 is 5.91 Å². The molecule has 1 saturated heterocycles. The Kier molecular flexibility index (Phi) is 4.20. The number of methoxy groups -OCH3 is 1. The first-order chi connectivity index (χ1) is 14.1. The molecule has 29 heavy (non-hydrogen) atoms. The molecular formula is C22H23N3O4. The van der Waals surface area contributed by atoms with Gasteiger partial charge in [-0.05, 0) is 49.7 Å². The summed E-state index contributed by atoms with van der Waals surface area (Å²) in [7, 11) is 1.66. The number of carbonyl (C=O) groups excluding carboxylic acids is 1. The normalized spacial score (nSPS) is 20.8. The van der Waals surface area contributed by atoms with Crippen LogP contribution in [0.1, 0.15) is 28.6 Å². The van der Waals surface area contributed by atoms with E-state index in [1.165, 1.54) is 0 Å². The zero-order valence-corrected chi connectivity index (χ0v) is 16.6. The van der Waals surface area contributed by atoms with Gasteiger partial charge in [-0.3, -0.25) is 4.79 Å². The lowest BCUT2D eigenvalue weighted by atomic mass is 10.0. The van der Waals surface area contributed by atoms with Crippen molar-refractivity contribution in [2.75, 3.05) is 20.2 Å². The Labute approximate surface area is 168 Å². The summed E-state index contributed by atoms with van der Waals surface area (Å²) in [5.41, 5.74) is 1.74. The molecule has 1 atom stereocenters. The zero-order chi connectivity index (χ0) is 20.0. The third-order valence-corrected chi connectivity index (χ3v) is 5.83. The van der Waals surface area contributed by atoms with Gasteiger partial charge in [0.15, 0.2) is 5.76 Å². The lowest BCUT2D eigenvalue weighted by Gasteiger charge is -2.35. The van der Waals surface area contributed by atoms with Gasteiger partial charge >= 0.3 is 0 Å². The molecule has 7 heteroatoms. The number of hydrogen-bond acceptors (Lipinski definition) is 5. The number of nitrogens with zero attached hydrogens (tertiary/aromatic N) is 3. The van der Waals surface area contributed by atoms with E-state index in [-0.39, 0.29) is 5.91 Å². The molecule has 5 rings (SSSR count). The Morgan fingerprint density at radius 2 is 2.00 bits per heavy atom. The summed E-state index contributed by atoms with van der Waals surface area (Å²) < 4.78 is 19.2. The maximum Gasteiger partial charge on any atom is 0.289 e. The second kappa shape index (κ2) is 6.77. The third-order valence-electron chi connectivity index (χ3n) is 5.83. The molecule has 0 N–H and O–H groups in total. The minimum Gasteiger partial charge on any atom is -0.497 e. The molecule has 3 aromatic rings. The number of amides is 1. The molecule has 0 saturated carbocycles. The number of likely N-dealkylation sites (tertiary alicyclic amines) is 1. The van der Waals surface area contributed by atoms with Crippen LogP contribution in [-0.4, -0.2) is 46.2 Å². The van der Waals surface area contributed by atoms with Gasteiger partial charge in [0.2, 0.25) is 0 Å². The second-order valence-corrected chi connectivity index (χ2v) is 7.73. The van der Waals surface area contributed by atoms with Crippen molar-refractivity contribution in [1.82, 2.24) is 14.5 Å². The number of fused-ring (bicyclic) bond motifs is 1. The molecule has 0 radical (unpaired) electrons. The van der Waals surface area contributed by atoms with Gasteiger partial charge in [0.05, 0.1) is 32.1 Å². The van der Waals surface area contributed by atoms with E-state index in [4.69, 9.17) is 13.9 Å². The van der Waals surface area contributed by atoms with E-state index in [1.807, 2.05) is 48.4 Å². The average Bonchev–Trinajstić information content (AvgIpc) is 3.46. The molecule has 0 aliphatic carbocycles. The Balaban J connectivity index is 1.38. The van der Waals surface area contributed by atoms with Gasteiger partial charge in [0.25, 0.3) is 5.91 Å². The fourth-order valence-electron chi connectivity index (χ4n) is 4.22. The topological polar surface area (TPSA) is 69.7 Å².